The number of aliphatic hydroxyl groups is 2. The van der Waals surface area contributed by atoms with Crippen LogP contribution in [0.4, 0.5) is 0 Å². The van der Waals surface area contributed by atoms with Gasteiger partial charge in [-0.2, -0.15) is 0 Å². The van der Waals surface area contributed by atoms with E-state index < -0.39 is 5.60 Å². The van der Waals surface area contributed by atoms with Crippen molar-refractivity contribution in [3.8, 4) is 5.75 Å². The molecule has 0 unspecified atom stereocenters. The van der Waals surface area contributed by atoms with Crippen molar-refractivity contribution >= 4 is 0 Å². The van der Waals surface area contributed by atoms with Crippen LogP contribution in [0.15, 0.2) is 47.1 Å². The van der Waals surface area contributed by atoms with Crippen molar-refractivity contribution in [1.29, 1.82) is 0 Å². The molecule has 3 rings (SSSR count). The summed E-state index contributed by atoms with van der Waals surface area (Å²) in [5, 5.41) is 20.3. The number of allylic oxidation sites excluding steroid dienone is 1. The predicted molar refractivity (Wildman–Crippen MR) is 102 cm³/mol. The third-order valence-corrected chi connectivity index (χ3v) is 5.71. The molecule has 1 fully saturated rings. The largest absolute Gasteiger partial charge is 0.497 e. The van der Waals surface area contributed by atoms with E-state index in [1.54, 1.807) is 7.11 Å². The zero-order valence-corrected chi connectivity index (χ0v) is 16.0. The van der Waals surface area contributed by atoms with E-state index in [9.17, 15) is 10.2 Å². The van der Waals surface area contributed by atoms with E-state index in [0.29, 0.717) is 19.4 Å². The molecule has 0 saturated heterocycles. The first-order chi connectivity index (χ1) is 12.4. The molecule has 4 heteroatoms. The summed E-state index contributed by atoms with van der Waals surface area (Å²) < 4.78 is 11.4. The third-order valence-electron chi connectivity index (χ3n) is 5.71. The first-order valence-electron chi connectivity index (χ1n) is 9.41. The van der Waals surface area contributed by atoms with Crippen LogP contribution in [0.5, 0.6) is 5.75 Å². The van der Waals surface area contributed by atoms with Crippen molar-refractivity contribution in [2.45, 2.75) is 57.8 Å². The molecule has 26 heavy (non-hydrogen) atoms. The van der Waals surface area contributed by atoms with E-state index in [0.717, 1.165) is 24.2 Å². The summed E-state index contributed by atoms with van der Waals surface area (Å²) in [5.74, 6) is 0.814. The van der Waals surface area contributed by atoms with Gasteiger partial charge in [0.15, 0.2) is 0 Å². The van der Waals surface area contributed by atoms with E-state index >= 15 is 0 Å². The van der Waals surface area contributed by atoms with Crippen LogP contribution in [0.2, 0.25) is 0 Å². The van der Waals surface area contributed by atoms with Gasteiger partial charge in [-0.3, -0.25) is 0 Å². The zero-order chi connectivity index (χ0) is 18.7. The molecule has 2 aliphatic carbocycles. The molecule has 1 aromatic rings. The van der Waals surface area contributed by atoms with Crippen LogP contribution in [0.1, 0.15) is 45.1 Å². The highest BCUT2D eigenvalue weighted by Gasteiger charge is 2.47. The van der Waals surface area contributed by atoms with E-state index in [1.807, 2.05) is 31.2 Å². The van der Waals surface area contributed by atoms with Crippen molar-refractivity contribution in [1.82, 2.24) is 0 Å². The van der Waals surface area contributed by atoms with Crippen molar-refractivity contribution in [2.24, 2.45) is 5.92 Å². The number of hydrogen-bond donors (Lipinski definition) is 2. The topological polar surface area (TPSA) is 58.9 Å². The van der Waals surface area contributed by atoms with Crippen LogP contribution < -0.4 is 4.74 Å². The number of benzene rings is 1. The Kier molecular flexibility index (Phi) is 5.86. The fraction of sp³-hybridized carbons (Fsp3) is 0.545. The minimum atomic E-state index is -0.813. The van der Waals surface area contributed by atoms with Crippen molar-refractivity contribution < 1.29 is 19.7 Å². The summed E-state index contributed by atoms with van der Waals surface area (Å²) in [5.41, 5.74) is 4.07. The molecular formula is C22H30O4. The van der Waals surface area contributed by atoms with E-state index in [2.05, 4.69) is 13.0 Å². The minimum absolute atomic E-state index is 0.0209. The molecule has 142 valence electrons. The number of aliphatic hydroxyl groups excluding tert-OH is 1. The van der Waals surface area contributed by atoms with Gasteiger partial charge in [0.25, 0.3) is 0 Å². The zero-order valence-electron chi connectivity index (χ0n) is 16.0. The summed E-state index contributed by atoms with van der Waals surface area (Å²) in [6, 6.07) is 7.90. The maximum absolute atomic E-state index is 11.0. The molecule has 0 amide bonds. The average molecular weight is 358 g/mol. The standard InChI is InChI=1S/C22H30O4/c1-15-4-5-16(10-11-23)12-19-21(15)20(13-22(19,2)24)26-14-17-6-8-18(25-3)9-7-17/h6-9,12,19-20,23-24H,4-5,10-11,13-14H2,1-3H3/t19-,20+,22+/m1/s1. The summed E-state index contributed by atoms with van der Waals surface area (Å²) in [4.78, 5) is 0. The molecule has 1 saturated carbocycles. The van der Waals surface area contributed by atoms with Crippen LogP contribution in [0.3, 0.4) is 0 Å². The lowest BCUT2D eigenvalue weighted by Gasteiger charge is -2.23. The molecule has 0 aromatic heterocycles. The summed E-state index contributed by atoms with van der Waals surface area (Å²) in [6.07, 6.45) is 5.32. The third kappa shape index (κ3) is 4.03. The molecule has 0 heterocycles. The lowest BCUT2D eigenvalue weighted by atomic mass is 9.88. The molecule has 0 spiro atoms. The highest BCUT2D eigenvalue weighted by molar-refractivity contribution is 5.36. The van der Waals surface area contributed by atoms with Crippen LogP contribution >= 0.6 is 0 Å². The number of ether oxygens (including phenoxy) is 2. The Labute approximate surface area is 156 Å². The number of hydrogen-bond acceptors (Lipinski definition) is 4. The van der Waals surface area contributed by atoms with E-state index in [1.165, 1.54) is 16.7 Å². The fourth-order valence-corrected chi connectivity index (χ4v) is 4.19. The molecule has 2 N–H and O–H groups in total. The SMILES string of the molecule is COc1ccc(CO[C@H]2C[C@](C)(O)[C@@H]3C=C(CCO)CCC(C)=C23)cc1. The highest BCUT2D eigenvalue weighted by Crippen LogP contribution is 2.47. The van der Waals surface area contributed by atoms with Crippen LogP contribution in [0, 0.1) is 5.92 Å². The van der Waals surface area contributed by atoms with Gasteiger partial charge in [-0.05, 0) is 56.4 Å². The van der Waals surface area contributed by atoms with Crippen LogP contribution in [0.25, 0.3) is 0 Å². The number of fused-ring (bicyclic) bond motifs is 1. The molecular weight excluding hydrogens is 328 g/mol. The van der Waals surface area contributed by atoms with Gasteiger partial charge in [-0.1, -0.05) is 29.4 Å². The van der Waals surface area contributed by atoms with Gasteiger partial charge in [0.05, 0.1) is 25.4 Å². The lowest BCUT2D eigenvalue weighted by Crippen LogP contribution is -2.28. The molecule has 2 aliphatic rings. The van der Waals surface area contributed by atoms with Gasteiger partial charge in [0.1, 0.15) is 5.75 Å². The summed E-state index contributed by atoms with van der Waals surface area (Å²) in [6.45, 7) is 4.73. The smallest absolute Gasteiger partial charge is 0.118 e. The maximum atomic E-state index is 11.0. The molecule has 4 nitrogen and oxygen atoms in total. The average Bonchev–Trinajstić information content (AvgIpc) is 2.76. The number of methoxy groups -OCH3 is 1. The van der Waals surface area contributed by atoms with Gasteiger partial charge in [0, 0.05) is 18.9 Å². The monoisotopic (exact) mass is 358 g/mol. The van der Waals surface area contributed by atoms with Crippen LogP contribution in [-0.2, 0) is 11.3 Å². The molecule has 0 aliphatic heterocycles. The summed E-state index contributed by atoms with van der Waals surface area (Å²) in [7, 11) is 1.66. The van der Waals surface area contributed by atoms with Gasteiger partial charge in [-0.15, -0.1) is 0 Å². The van der Waals surface area contributed by atoms with Gasteiger partial charge in [0.2, 0.25) is 0 Å². The second-order valence-electron chi connectivity index (χ2n) is 7.72. The minimum Gasteiger partial charge on any atom is -0.497 e. The maximum Gasteiger partial charge on any atom is 0.118 e. The lowest BCUT2D eigenvalue weighted by molar-refractivity contribution is 0.00608. The van der Waals surface area contributed by atoms with Crippen molar-refractivity contribution in [3.63, 3.8) is 0 Å². The van der Waals surface area contributed by atoms with Crippen molar-refractivity contribution in [3.05, 3.63) is 52.6 Å². The van der Waals surface area contributed by atoms with Crippen LogP contribution in [-0.4, -0.2) is 35.6 Å². The summed E-state index contributed by atoms with van der Waals surface area (Å²) >= 11 is 0. The molecule has 0 radical (unpaired) electrons. The Morgan fingerprint density at radius 3 is 2.58 bits per heavy atom. The quantitative estimate of drug-likeness (QED) is 0.760. The number of rotatable bonds is 6. The van der Waals surface area contributed by atoms with Crippen molar-refractivity contribution in [2.75, 3.05) is 13.7 Å². The van der Waals surface area contributed by atoms with Gasteiger partial charge >= 0.3 is 0 Å². The van der Waals surface area contributed by atoms with Gasteiger partial charge < -0.3 is 19.7 Å². The molecule has 3 atom stereocenters. The Balaban J connectivity index is 1.77. The van der Waals surface area contributed by atoms with Gasteiger partial charge in [-0.25, -0.2) is 0 Å². The normalized spacial score (nSPS) is 28.6. The second-order valence-corrected chi connectivity index (χ2v) is 7.72. The molecule has 1 aromatic carbocycles. The Morgan fingerprint density at radius 2 is 1.92 bits per heavy atom. The Hall–Kier alpha value is -1.62. The van der Waals surface area contributed by atoms with E-state index in [4.69, 9.17) is 9.47 Å². The highest BCUT2D eigenvalue weighted by atomic mass is 16.5. The Bertz CT molecular complexity index is 685. The second kappa shape index (κ2) is 7.95. The fourth-order valence-electron chi connectivity index (χ4n) is 4.19. The Morgan fingerprint density at radius 1 is 1.19 bits per heavy atom. The first-order valence-corrected chi connectivity index (χ1v) is 9.41. The first kappa shape index (κ1) is 19.2. The van der Waals surface area contributed by atoms with E-state index in [-0.39, 0.29) is 18.6 Å². The predicted octanol–water partition coefficient (Wildman–Crippen LogP) is 3.77. The molecule has 0 bridgehead atoms.